The van der Waals surface area contributed by atoms with Gasteiger partial charge >= 0.3 is 0 Å². The normalized spacial score (nSPS) is 12.1. The molecule has 0 aliphatic heterocycles. The van der Waals surface area contributed by atoms with Gasteiger partial charge < -0.3 is 9.13 Å². The Labute approximate surface area is 241 Å². The van der Waals surface area contributed by atoms with Crippen LogP contribution in [0, 0.1) is 13.8 Å². The third-order valence-electron chi connectivity index (χ3n) is 8.65. The van der Waals surface area contributed by atoms with Crippen molar-refractivity contribution in [2.45, 2.75) is 13.8 Å². The van der Waals surface area contributed by atoms with E-state index in [1.807, 2.05) is 11.3 Å². The SMILES string of the molecule is Cc1ccc(-n2c3ccccc3c3cc4sc5c(ccc6c7ccccc7n(-c7ccc(C)cc7)c65)c4cc32)cc1. The highest BCUT2D eigenvalue weighted by atomic mass is 32.1. The van der Waals surface area contributed by atoms with Gasteiger partial charge in [-0.25, -0.2) is 0 Å². The van der Waals surface area contributed by atoms with Crippen molar-refractivity contribution in [2.75, 3.05) is 0 Å². The zero-order valence-electron chi connectivity index (χ0n) is 22.8. The van der Waals surface area contributed by atoms with Crippen molar-refractivity contribution in [3.8, 4) is 11.4 Å². The number of rotatable bonds is 2. The average Bonchev–Trinajstić information content (AvgIpc) is 3.64. The molecule has 0 aliphatic rings. The lowest BCUT2D eigenvalue weighted by Crippen LogP contribution is -1.93. The Balaban J connectivity index is 1.43. The molecule has 0 radical (unpaired) electrons. The van der Waals surface area contributed by atoms with Gasteiger partial charge in [-0.15, -0.1) is 11.3 Å². The van der Waals surface area contributed by atoms with E-state index in [1.165, 1.54) is 86.3 Å². The standard InChI is InChI=1S/C38H26N2S/c1-23-11-15-25(16-12-23)39-33-9-5-4-8-28(33)31-22-36-32(21-35(31)39)30-20-19-29-27-7-3-6-10-34(27)40(37(29)38(30)41-36)26-17-13-24(2)14-18-26/h3-22H,1-2H3. The van der Waals surface area contributed by atoms with Gasteiger partial charge in [-0.2, -0.15) is 0 Å². The zero-order chi connectivity index (χ0) is 27.2. The minimum atomic E-state index is 1.20. The molecular weight excluding hydrogens is 516 g/mol. The molecule has 41 heavy (non-hydrogen) atoms. The smallest absolute Gasteiger partial charge is 0.0719 e. The van der Waals surface area contributed by atoms with Crippen molar-refractivity contribution in [1.82, 2.24) is 9.13 Å². The number of aryl methyl sites for hydroxylation is 2. The third-order valence-corrected chi connectivity index (χ3v) is 9.83. The van der Waals surface area contributed by atoms with E-state index in [0.29, 0.717) is 0 Å². The van der Waals surface area contributed by atoms with E-state index in [1.54, 1.807) is 0 Å². The van der Waals surface area contributed by atoms with E-state index >= 15 is 0 Å². The summed E-state index contributed by atoms with van der Waals surface area (Å²) in [5.41, 5.74) is 9.99. The molecule has 0 saturated carbocycles. The molecule has 0 unspecified atom stereocenters. The van der Waals surface area contributed by atoms with Crippen LogP contribution in [0.3, 0.4) is 0 Å². The van der Waals surface area contributed by atoms with Crippen LogP contribution in [0.5, 0.6) is 0 Å². The summed E-state index contributed by atoms with van der Waals surface area (Å²) in [4.78, 5) is 0. The predicted octanol–water partition coefficient (Wildman–Crippen LogP) is 10.9. The summed E-state index contributed by atoms with van der Waals surface area (Å²) in [7, 11) is 0. The van der Waals surface area contributed by atoms with Crippen molar-refractivity contribution in [3.05, 3.63) is 132 Å². The Bertz CT molecular complexity index is 2470. The Morgan fingerprint density at radius 3 is 1.68 bits per heavy atom. The lowest BCUT2D eigenvalue weighted by atomic mass is 10.1. The van der Waals surface area contributed by atoms with Gasteiger partial charge in [0.1, 0.15) is 0 Å². The largest absolute Gasteiger partial charge is 0.309 e. The third kappa shape index (κ3) is 3.18. The molecule has 6 aromatic carbocycles. The zero-order valence-corrected chi connectivity index (χ0v) is 23.7. The second-order valence-electron chi connectivity index (χ2n) is 11.2. The molecule has 9 aromatic rings. The topological polar surface area (TPSA) is 9.86 Å². The summed E-state index contributed by atoms with van der Waals surface area (Å²) in [6.45, 7) is 4.30. The molecule has 0 aliphatic carbocycles. The number of aromatic nitrogens is 2. The van der Waals surface area contributed by atoms with Crippen molar-refractivity contribution in [2.24, 2.45) is 0 Å². The fourth-order valence-electron chi connectivity index (χ4n) is 6.68. The molecule has 0 bridgehead atoms. The van der Waals surface area contributed by atoms with Gasteiger partial charge in [-0.1, -0.05) is 83.9 Å². The van der Waals surface area contributed by atoms with Crippen LogP contribution < -0.4 is 0 Å². The van der Waals surface area contributed by atoms with E-state index in [0.717, 1.165) is 0 Å². The molecule has 3 heterocycles. The lowest BCUT2D eigenvalue weighted by Gasteiger charge is -2.09. The minimum absolute atomic E-state index is 1.20. The molecule has 0 spiro atoms. The van der Waals surface area contributed by atoms with Gasteiger partial charge in [-0.3, -0.25) is 0 Å². The highest BCUT2D eigenvalue weighted by molar-refractivity contribution is 7.26. The van der Waals surface area contributed by atoms with E-state index in [9.17, 15) is 0 Å². The van der Waals surface area contributed by atoms with E-state index in [-0.39, 0.29) is 0 Å². The van der Waals surface area contributed by atoms with Gasteiger partial charge in [0.25, 0.3) is 0 Å². The molecule has 0 amide bonds. The van der Waals surface area contributed by atoms with E-state index in [4.69, 9.17) is 0 Å². The summed E-state index contributed by atoms with van der Waals surface area (Å²) >= 11 is 1.92. The van der Waals surface area contributed by atoms with Crippen LogP contribution in [-0.2, 0) is 0 Å². The van der Waals surface area contributed by atoms with Crippen LogP contribution in [0.1, 0.15) is 11.1 Å². The van der Waals surface area contributed by atoms with Gasteiger partial charge in [0, 0.05) is 48.4 Å². The lowest BCUT2D eigenvalue weighted by molar-refractivity contribution is 1.18. The van der Waals surface area contributed by atoms with Crippen LogP contribution in [0.4, 0.5) is 0 Å². The molecule has 2 nitrogen and oxygen atoms in total. The second kappa shape index (κ2) is 8.33. The maximum Gasteiger partial charge on any atom is 0.0719 e. The van der Waals surface area contributed by atoms with Crippen LogP contribution in [0.25, 0.3) is 75.2 Å². The van der Waals surface area contributed by atoms with Crippen LogP contribution >= 0.6 is 11.3 Å². The van der Waals surface area contributed by atoms with Gasteiger partial charge in [0.15, 0.2) is 0 Å². The quantitative estimate of drug-likeness (QED) is 0.206. The highest BCUT2D eigenvalue weighted by Gasteiger charge is 2.20. The summed E-state index contributed by atoms with van der Waals surface area (Å²) in [6, 6.07) is 44.9. The molecule has 3 heteroatoms. The second-order valence-corrected chi connectivity index (χ2v) is 12.2. The summed E-state index contributed by atoms with van der Waals surface area (Å²) in [5.74, 6) is 0. The molecular formula is C38H26N2S. The first-order valence-corrected chi connectivity index (χ1v) is 14.9. The number of benzene rings is 6. The minimum Gasteiger partial charge on any atom is -0.309 e. The molecule has 9 rings (SSSR count). The van der Waals surface area contributed by atoms with Crippen molar-refractivity contribution < 1.29 is 0 Å². The first-order chi connectivity index (χ1) is 20.2. The Kier molecular flexibility index (Phi) is 4.65. The van der Waals surface area contributed by atoms with Crippen LogP contribution in [-0.4, -0.2) is 9.13 Å². The number of hydrogen-bond donors (Lipinski definition) is 0. The molecule has 3 aromatic heterocycles. The number of para-hydroxylation sites is 2. The summed E-state index contributed by atoms with van der Waals surface area (Å²) < 4.78 is 7.55. The maximum atomic E-state index is 2.46. The van der Waals surface area contributed by atoms with E-state index in [2.05, 4.69) is 144 Å². The van der Waals surface area contributed by atoms with E-state index < -0.39 is 0 Å². The van der Waals surface area contributed by atoms with Crippen LogP contribution in [0.2, 0.25) is 0 Å². The Morgan fingerprint density at radius 2 is 1.00 bits per heavy atom. The first kappa shape index (κ1) is 22.9. The van der Waals surface area contributed by atoms with Crippen molar-refractivity contribution >= 4 is 75.1 Å². The number of thiophene rings is 1. The van der Waals surface area contributed by atoms with Crippen molar-refractivity contribution in [1.29, 1.82) is 0 Å². The number of hydrogen-bond acceptors (Lipinski definition) is 1. The van der Waals surface area contributed by atoms with Gasteiger partial charge in [0.05, 0.1) is 26.8 Å². The van der Waals surface area contributed by atoms with Gasteiger partial charge in [-0.05, 0) is 62.4 Å². The molecule has 0 saturated heterocycles. The fraction of sp³-hybridized carbons (Fsp3) is 0.0526. The van der Waals surface area contributed by atoms with Crippen LogP contribution in [0.15, 0.2) is 121 Å². The average molecular weight is 543 g/mol. The monoisotopic (exact) mass is 542 g/mol. The number of fused-ring (bicyclic) bond motifs is 10. The molecule has 0 N–H and O–H groups in total. The highest BCUT2D eigenvalue weighted by Crippen LogP contribution is 2.45. The predicted molar refractivity (Wildman–Crippen MR) is 177 cm³/mol. The Morgan fingerprint density at radius 1 is 0.439 bits per heavy atom. The van der Waals surface area contributed by atoms with Gasteiger partial charge in [0.2, 0.25) is 0 Å². The number of nitrogens with zero attached hydrogens (tertiary/aromatic N) is 2. The Hall–Kier alpha value is -4.86. The summed E-state index contributed by atoms with van der Waals surface area (Å²) in [5, 5.41) is 7.83. The molecule has 0 fully saturated rings. The first-order valence-electron chi connectivity index (χ1n) is 14.1. The van der Waals surface area contributed by atoms with Crippen molar-refractivity contribution in [3.63, 3.8) is 0 Å². The summed E-state index contributed by atoms with van der Waals surface area (Å²) in [6.07, 6.45) is 0. The fourth-order valence-corrected chi connectivity index (χ4v) is 7.94. The maximum absolute atomic E-state index is 2.46. The molecule has 194 valence electrons. The molecule has 0 atom stereocenters.